The molecule has 2 aromatic rings. The number of carbonyl (C=O) groups excluding carboxylic acids is 1. The minimum atomic E-state index is -0.401. The smallest absolute Gasteiger partial charge is 0.277 e. The van der Waals surface area contributed by atoms with Crippen LogP contribution in [0, 0.1) is 10.1 Å². The number of nitro benzene ring substituents is 1. The van der Waals surface area contributed by atoms with Crippen LogP contribution in [0.2, 0.25) is 0 Å². The van der Waals surface area contributed by atoms with Crippen molar-refractivity contribution in [2.24, 2.45) is 0 Å². The van der Waals surface area contributed by atoms with Crippen LogP contribution < -0.4 is 4.90 Å². The van der Waals surface area contributed by atoms with Gasteiger partial charge in [0.05, 0.1) is 21.6 Å². The van der Waals surface area contributed by atoms with Crippen LogP contribution in [0.4, 0.5) is 11.4 Å². The third-order valence-corrected chi connectivity index (χ3v) is 3.69. The molecule has 1 amide bonds. The average Bonchev–Trinajstić information content (AvgIpc) is 2.82. The van der Waals surface area contributed by atoms with Crippen molar-refractivity contribution < 1.29 is 9.72 Å². The van der Waals surface area contributed by atoms with Crippen molar-refractivity contribution in [2.75, 3.05) is 11.4 Å². The van der Waals surface area contributed by atoms with E-state index < -0.39 is 4.92 Å². The van der Waals surface area contributed by atoms with E-state index in [4.69, 9.17) is 0 Å². The van der Waals surface area contributed by atoms with Crippen molar-refractivity contribution >= 4 is 28.1 Å². The lowest BCUT2D eigenvalue weighted by Gasteiger charge is -2.16. The lowest BCUT2D eigenvalue weighted by Crippen LogP contribution is -2.27. The third kappa shape index (κ3) is 2.43. The molecule has 0 aliphatic carbocycles. The second kappa shape index (κ2) is 6.56. The van der Waals surface area contributed by atoms with Crippen LogP contribution in [0.1, 0.15) is 44.0 Å². The van der Waals surface area contributed by atoms with E-state index in [1.54, 1.807) is 29.2 Å². The Balaban J connectivity index is 0.000000847. The van der Waals surface area contributed by atoms with Crippen LogP contribution in [0.15, 0.2) is 30.3 Å². The Bertz CT molecular complexity index is 725. The van der Waals surface area contributed by atoms with Gasteiger partial charge in [0, 0.05) is 18.0 Å². The van der Waals surface area contributed by atoms with Gasteiger partial charge in [0.2, 0.25) is 0 Å². The van der Waals surface area contributed by atoms with E-state index >= 15 is 0 Å². The Morgan fingerprint density at radius 2 is 1.91 bits per heavy atom. The maximum absolute atomic E-state index is 12.4. The Morgan fingerprint density at radius 1 is 1.18 bits per heavy atom. The van der Waals surface area contributed by atoms with Gasteiger partial charge in [-0.1, -0.05) is 33.3 Å². The van der Waals surface area contributed by atoms with Crippen LogP contribution >= 0.6 is 0 Å². The molecule has 5 heteroatoms. The molecule has 0 radical (unpaired) electrons. The molecule has 1 aliphatic rings. The number of non-ortho nitro benzene ring substituents is 1. The molecular weight excluding hydrogens is 280 g/mol. The minimum Gasteiger partial charge on any atom is -0.308 e. The molecule has 0 spiro atoms. The number of amides is 1. The molecule has 5 nitrogen and oxygen atoms in total. The number of benzene rings is 2. The molecule has 116 valence electrons. The second-order valence-electron chi connectivity index (χ2n) is 4.90. The normalized spacial score (nSPS) is 12.3. The highest BCUT2D eigenvalue weighted by atomic mass is 16.6. The van der Waals surface area contributed by atoms with E-state index in [0.29, 0.717) is 22.9 Å². The largest absolute Gasteiger partial charge is 0.308 e. The van der Waals surface area contributed by atoms with Crippen molar-refractivity contribution in [1.82, 2.24) is 0 Å². The van der Waals surface area contributed by atoms with Gasteiger partial charge < -0.3 is 4.90 Å². The fourth-order valence-corrected chi connectivity index (χ4v) is 2.73. The number of nitro groups is 1. The molecule has 0 N–H and O–H groups in total. The predicted octanol–water partition coefficient (Wildman–Crippen LogP) is 4.53. The van der Waals surface area contributed by atoms with Gasteiger partial charge in [0.1, 0.15) is 0 Å². The highest BCUT2D eigenvalue weighted by Gasteiger charge is 2.31. The quantitative estimate of drug-likeness (QED) is 0.615. The molecule has 3 rings (SSSR count). The van der Waals surface area contributed by atoms with Gasteiger partial charge in [-0.25, -0.2) is 0 Å². The van der Waals surface area contributed by atoms with Crippen LogP contribution in [-0.2, 0) is 0 Å². The van der Waals surface area contributed by atoms with E-state index in [9.17, 15) is 14.9 Å². The number of nitrogens with zero attached hydrogens (tertiary/aromatic N) is 2. The number of hydrogen-bond acceptors (Lipinski definition) is 3. The Labute approximate surface area is 129 Å². The summed E-state index contributed by atoms with van der Waals surface area (Å²) in [6.07, 6.45) is 1.91. The van der Waals surface area contributed by atoms with Gasteiger partial charge in [0.25, 0.3) is 11.6 Å². The number of hydrogen-bond donors (Lipinski definition) is 0. The summed E-state index contributed by atoms with van der Waals surface area (Å²) in [5.41, 5.74) is 1.41. The summed E-state index contributed by atoms with van der Waals surface area (Å²) in [6.45, 7) is 6.72. The molecular formula is C17H20N2O3. The van der Waals surface area contributed by atoms with E-state index in [2.05, 4.69) is 6.92 Å². The van der Waals surface area contributed by atoms with Crippen molar-refractivity contribution in [3.05, 3.63) is 46.0 Å². The molecule has 0 saturated carbocycles. The van der Waals surface area contributed by atoms with Gasteiger partial charge in [-0.3, -0.25) is 14.9 Å². The first-order chi connectivity index (χ1) is 10.6. The first-order valence-corrected chi connectivity index (χ1v) is 7.67. The Kier molecular flexibility index (Phi) is 4.75. The van der Waals surface area contributed by atoms with Gasteiger partial charge in [-0.15, -0.1) is 0 Å². The SMILES string of the molecule is CC.CCCCN1C(=O)c2cccc3c([N+](=O)[O-])ccc1c23. The summed E-state index contributed by atoms with van der Waals surface area (Å²) in [5, 5.41) is 12.4. The van der Waals surface area contributed by atoms with Gasteiger partial charge in [-0.05, 0) is 24.6 Å². The zero-order valence-electron chi connectivity index (χ0n) is 13.1. The topological polar surface area (TPSA) is 63.5 Å². The zero-order chi connectivity index (χ0) is 16.3. The molecule has 0 aromatic heterocycles. The fourth-order valence-electron chi connectivity index (χ4n) is 2.73. The molecule has 22 heavy (non-hydrogen) atoms. The van der Waals surface area contributed by atoms with E-state index in [0.717, 1.165) is 18.5 Å². The molecule has 1 heterocycles. The molecule has 0 saturated heterocycles. The van der Waals surface area contributed by atoms with Crippen LogP contribution in [0.5, 0.6) is 0 Å². The minimum absolute atomic E-state index is 0.0516. The van der Waals surface area contributed by atoms with Crippen molar-refractivity contribution in [3.63, 3.8) is 0 Å². The summed E-state index contributed by atoms with van der Waals surface area (Å²) in [6, 6.07) is 8.32. The molecule has 2 aromatic carbocycles. The highest BCUT2D eigenvalue weighted by molar-refractivity contribution is 6.26. The first kappa shape index (κ1) is 15.9. The highest BCUT2D eigenvalue weighted by Crippen LogP contribution is 2.41. The van der Waals surface area contributed by atoms with Crippen molar-refractivity contribution in [2.45, 2.75) is 33.6 Å². The summed E-state index contributed by atoms with van der Waals surface area (Å²) >= 11 is 0. The van der Waals surface area contributed by atoms with E-state index in [1.807, 2.05) is 13.8 Å². The summed E-state index contributed by atoms with van der Waals surface area (Å²) < 4.78 is 0. The third-order valence-electron chi connectivity index (χ3n) is 3.69. The zero-order valence-corrected chi connectivity index (χ0v) is 13.1. The summed E-state index contributed by atoms with van der Waals surface area (Å²) in [7, 11) is 0. The lowest BCUT2D eigenvalue weighted by atomic mass is 10.0. The lowest BCUT2D eigenvalue weighted by molar-refractivity contribution is -0.383. The fraction of sp³-hybridized carbons (Fsp3) is 0.353. The first-order valence-electron chi connectivity index (χ1n) is 7.67. The monoisotopic (exact) mass is 300 g/mol. The Hall–Kier alpha value is -2.43. The molecule has 0 fully saturated rings. The van der Waals surface area contributed by atoms with Crippen LogP contribution in [-0.4, -0.2) is 17.4 Å². The Morgan fingerprint density at radius 3 is 2.55 bits per heavy atom. The number of anilines is 1. The molecule has 1 aliphatic heterocycles. The van der Waals surface area contributed by atoms with E-state index in [1.165, 1.54) is 6.07 Å². The van der Waals surface area contributed by atoms with Gasteiger partial charge >= 0.3 is 0 Å². The number of carbonyl (C=O) groups is 1. The van der Waals surface area contributed by atoms with Crippen LogP contribution in [0.3, 0.4) is 0 Å². The van der Waals surface area contributed by atoms with E-state index in [-0.39, 0.29) is 11.6 Å². The van der Waals surface area contributed by atoms with Crippen LogP contribution in [0.25, 0.3) is 10.8 Å². The summed E-state index contributed by atoms with van der Waals surface area (Å²) in [4.78, 5) is 24.8. The maximum Gasteiger partial charge on any atom is 0.277 e. The number of unbranched alkanes of at least 4 members (excludes halogenated alkanes) is 1. The summed E-state index contributed by atoms with van der Waals surface area (Å²) in [5.74, 6) is -0.0560. The molecule has 0 bridgehead atoms. The number of rotatable bonds is 4. The van der Waals surface area contributed by atoms with Gasteiger partial charge in [0.15, 0.2) is 0 Å². The average molecular weight is 300 g/mol. The van der Waals surface area contributed by atoms with Crippen molar-refractivity contribution in [1.29, 1.82) is 0 Å². The molecule has 0 unspecified atom stereocenters. The standard InChI is InChI=1S/C15H14N2O3.C2H6/c1-2-3-9-16-13-8-7-12(17(19)20)10-5-4-6-11(14(10)13)15(16)18;1-2/h4-8H,2-3,9H2,1H3;1-2H3. The molecule has 0 atom stereocenters. The maximum atomic E-state index is 12.4. The predicted molar refractivity (Wildman–Crippen MR) is 88.5 cm³/mol. The second-order valence-corrected chi connectivity index (χ2v) is 4.90. The van der Waals surface area contributed by atoms with Crippen molar-refractivity contribution in [3.8, 4) is 0 Å². The van der Waals surface area contributed by atoms with Gasteiger partial charge in [-0.2, -0.15) is 0 Å².